The second-order valence-corrected chi connectivity index (χ2v) is 8.26. The Morgan fingerprint density at radius 3 is 2.65 bits per heavy atom. The number of rotatable bonds is 9. The van der Waals surface area contributed by atoms with E-state index in [4.69, 9.17) is 9.47 Å². The molecule has 0 saturated heterocycles. The Hall–Kier alpha value is -3.04. The summed E-state index contributed by atoms with van der Waals surface area (Å²) >= 11 is 1.07. The molecule has 0 amide bonds. The van der Waals surface area contributed by atoms with Crippen molar-refractivity contribution in [2.45, 2.75) is 39.5 Å². The molecule has 0 aliphatic carbocycles. The third-order valence-electron chi connectivity index (χ3n) is 4.60. The van der Waals surface area contributed by atoms with Crippen LogP contribution >= 0.6 is 11.3 Å². The normalized spacial score (nSPS) is 11.5. The van der Waals surface area contributed by atoms with E-state index in [1.807, 2.05) is 45.0 Å². The fourth-order valence-corrected chi connectivity index (χ4v) is 3.95. The third-order valence-corrected chi connectivity index (χ3v) is 5.44. The number of thiazole rings is 1. The topological polar surface area (TPSA) is 96.7 Å². The van der Waals surface area contributed by atoms with Crippen molar-refractivity contribution in [1.29, 1.82) is 0 Å². The highest BCUT2D eigenvalue weighted by molar-refractivity contribution is 7.12. The number of aromatic nitrogens is 2. The molecular formula is C22H24N2O6S. The Morgan fingerprint density at radius 2 is 1.94 bits per heavy atom. The molecule has 0 bridgehead atoms. The van der Waals surface area contributed by atoms with Crippen LogP contribution < -0.4 is 0 Å². The van der Waals surface area contributed by atoms with E-state index in [1.165, 1.54) is 12.5 Å². The van der Waals surface area contributed by atoms with Gasteiger partial charge >= 0.3 is 11.9 Å². The quantitative estimate of drug-likeness (QED) is 0.366. The molecule has 2 heterocycles. The molecule has 2 aromatic heterocycles. The summed E-state index contributed by atoms with van der Waals surface area (Å²) in [5, 5.41) is 2.37. The number of hydrogen-bond donors (Lipinski definition) is 0. The van der Waals surface area contributed by atoms with Gasteiger partial charge in [0.2, 0.25) is 5.78 Å². The number of ketones is 1. The van der Waals surface area contributed by atoms with Crippen LogP contribution in [0.25, 0.3) is 10.9 Å². The standard InChI is InChI=1S/C22H24N2O6S/c1-5-30-22(2,3)10-18(25)29-13-24-11-15(14-8-6-7-9-17(14)24)19(26)20-23-16(12-31-20)21(27)28-4/h6-9,11-12H,5,10,13H2,1-4H3. The third kappa shape index (κ3) is 5.18. The molecule has 0 radical (unpaired) electrons. The highest BCUT2D eigenvalue weighted by Gasteiger charge is 2.24. The molecule has 0 aliphatic heterocycles. The van der Waals surface area contributed by atoms with Crippen molar-refractivity contribution in [1.82, 2.24) is 9.55 Å². The molecule has 0 saturated carbocycles. The van der Waals surface area contributed by atoms with Crippen LogP contribution in [-0.4, -0.2) is 46.6 Å². The zero-order valence-electron chi connectivity index (χ0n) is 17.8. The predicted molar refractivity (Wildman–Crippen MR) is 115 cm³/mol. The number of carbonyl (C=O) groups is 3. The Labute approximate surface area is 183 Å². The van der Waals surface area contributed by atoms with E-state index < -0.39 is 17.5 Å². The second-order valence-electron chi connectivity index (χ2n) is 7.40. The van der Waals surface area contributed by atoms with Crippen molar-refractivity contribution >= 4 is 40.0 Å². The fraction of sp³-hybridized carbons (Fsp3) is 0.364. The summed E-state index contributed by atoms with van der Waals surface area (Å²) in [6, 6.07) is 7.31. The summed E-state index contributed by atoms with van der Waals surface area (Å²) in [4.78, 5) is 41.1. The van der Waals surface area contributed by atoms with E-state index in [0.29, 0.717) is 17.6 Å². The van der Waals surface area contributed by atoms with Crippen molar-refractivity contribution < 1.29 is 28.6 Å². The molecule has 3 aromatic rings. The van der Waals surface area contributed by atoms with E-state index in [2.05, 4.69) is 9.72 Å². The first-order chi connectivity index (χ1) is 14.8. The average molecular weight is 445 g/mol. The molecular weight excluding hydrogens is 420 g/mol. The molecule has 164 valence electrons. The Bertz CT molecular complexity index is 1110. The average Bonchev–Trinajstić information content (AvgIpc) is 3.36. The summed E-state index contributed by atoms with van der Waals surface area (Å²) < 4.78 is 17.3. The van der Waals surface area contributed by atoms with Crippen LogP contribution in [0, 0.1) is 0 Å². The van der Waals surface area contributed by atoms with Crippen molar-refractivity contribution in [2.24, 2.45) is 0 Å². The van der Waals surface area contributed by atoms with Crippen LogP contribution in [0.4, 0.5) is 0 Å². The summed E-state index contributed by atoms with van der Waals surface area (Å²) in [6.07, 6.45) is 1.74. The van der Waals surface area contributed by atoms with Crippen molar-refractivity contribution in [3.8, 4) is 0 Å². The minimum atomic E-state index is -0.617. The minimum absolute atomic E-state index is 0.0416. The first kappa shape index (κ1) is 22.6. The molecule has 0 aliphatic rings. The number of carbonyl (C=O) groups excluding carboxylic acids is 3. The number of methoxy groups -OCH3 is 1. The van der Waals surface area contributed by atoms with Gasteiger partial charge in [0, 0.05) is 23.6 Å². The lowest BCUT2D eigenvalue weighted by atomic mass is 10.1. The monoisotopic (exact) mass is 444 g/mol. The maximum absolute atomic E-state index is 13.1. The molecule has 0 atom stereocenters. The van der Waals surface area contributed by atoms with Crippen LogP contribution in [0.3, 0.4) is 0 Å². The molecule has 9 heteroatoms. The van der Waals surface area contributed by atoms with Crippen LogP contribution in [-0.2, 0) is 25.7 Å². The number of nitrogens with zero attached hydrogens (tertiary/aromatic N) is 2. The first-order valence-corrected chi connectivity index (χ1v) is 10.6. The number of para-hydroxylation sites is 1. The van der Waals surface area contributed by atoms with Crippen LogP contribution in [0.2, 0.25) is 0 Å². The number of benzene rings is 1. The molecule has 31 heavy (non-hydrogen) atoms. The highest BCUT2D eigenvalue weighted by Crippen LogP contribution is 2.25. The number of fused-ring (bicyclic) bond motifs is 1. The Kier molecular flexibility index (Phi) is 6.87. The van der Waals surface area contributed by atoms with Gasteiger partial charge in [-0.3, -0.25) is 9.59 Å². The van der Waals surface area contributed by atoms with Gasteiger partial charge in [-0.15, -0.1) is 11.3 Å². The van der Waals surface area contributed by atoms with Crippen molar-refractivity contribution in [2.75, 3.05) is 13.7 Å². The zero-order chi connectivity index (χ0) is 22.6. The molecule has 3 rings (SSSR count). The van der Waals surface area contributed by atoms with Crippen LogP contribution in [0.15, 0.2) is 35.8 Å². The lowest BCUT2D eigenvalue weighted by Crippen LogP contribution is -2.29. The van der Waals surface area contributed by atoms with E-state index in [9.17, 15) is 14.4 Å². The Balaban J connectivity index is 1.82. The molecule has 8 nitrogen and oxygen atoms in total. The molecule has 0 spiro atoms. The number of esters is 2. The van der Waals surface area contributed by atoms with Gasteiger partial charge < -0.3 is 18.8 Å². The second kappa shape index (κ2) is 9.40. The van der Waals surface area contributed by atoms with Gasteiger partial charge in [-0.1, -0.05) is 18.2 Å². The van der Waals surface area contributed by atoms with Gasteiger partial charge in [-0.25, -0.2) is 9.78 Å². The van der Waals surface area contributed by atoms with E-state index in [0.717, 1.165) is 16.9 Å². The van der Waals surface area contributed by atoms with Gasteiger partial charge in [0.15, 0.2) is 17.4 Å². The van der Waals surface area contributed by atoms with Crippen molar-refractivity contribution in [3.63, 3.8) is 0 Å². The summed E-state index contributed by atoms with van der Waals surface area (Å²) in [7, 11) is 1.26. The number of ether oxygens (including phenoxy) is 3. The SMILES string of the molecule is CCOC(C)(C)CC(=O)OCn1cc(C(=O)c2nc(C(=O)OC)cs2)c2ccccc21. The van der Waals surface area contributed by atoms with Crippen molar-refractivity contribution in [3.05, 3.63) is 52.1 Å². The van der Waals surface area contributed by atoms with Gasteiger partial charge in [0.1, 0.15) is 0 Å². The van der Waals surface area contributed by atoms with Gasteiger partial charge in [0.05, 0.1) is 30.2 Å². The molecule has 0 unspecified atom stereocenters. The highest BCUT2D eigenvalue weighted by atomic mass is 32.1. The summed E-state index contributed by atoms with van der Waals surface area (Å²) in [5.41, 5.74) is 0.624. The van der Waals surface area contributed by atoms with E-state index in [-0.39, 0.29) is 29.6 Å². The fourth-order valence-electron chi connectivity index (χ4n) is 3.21. The molecule has 0 N–H and O–H groups in total. The smallest absolute Gasteiger partial charge is 0.357 e. The number of hydrogen-bond acceptors (Lipinski definition) is 8. The van der Waals surface area contributed by atoms with Gasteiger partial charge in [-0.05, 0) is 26.8 Å². The Morgan fingerprint density at radius 1 is 1.19 bits per heavy atom. The van der Waals surface area contributed by atoms with Crippen LogP contribution in [0.1, 0.15) is 53.0 Å². The van der Waals surface area contributed by atoms with E-state index >= 15 is 0 Å². The maximum Gasteiger partial charge on any atom is 0.357 e. The summed E-state index contributed by atoms with van der Waals surface area (Å²) in [6.45, 7) is 5.99. The zero-order valence-corrected chi connectivity index (χ0v) is 18.7. The molecule has 1 aromatic carbocycles. The largest absolute Gasteiger partial charge is 0.464 e. The summed E-state index contributed by atoms with van der Waals surface area (Å²) in [5.74, 6) is -1.31. The van der Waals surface area contributed by atoms with Crippen LogP contribution in [0.5, 0.6) is 0 Å². The minimum Gasteiger partial charge on any atom is -0.464 e. The lowest BCUT2D eigenvalue weighted by molar-refractivity contribution is -0.153. The molecule has 0 fully saturated rings. The lowest BCUT2D eigenvalue weighted by Gasteiger charge is -2.23. The first-order valence-electron chi connectivity index (χ1n) is 9.71. The van der Waals surface area contributed by atoms with Gasteiger partial charge in [-0.2, -0.15) is 0 Å². The predicted octanol–water partition coefficient (Wildman–Crippen LogP) is 3.82. The maximum atomic E-state index is 13.1. The van der Waals surface area contributed by atoms with Gasteiger partial charge in [0.25, 0.3) is 0 Å². The van der Waals surface area contributed by atoms with E-state index in [1.54, 1.807) is 10.8 Å².